The third-order valence-electron chi connectivity index (χ3n) is 1.89. The lowest BCUT2D eigenvalue weighted by atomic mass is 10.2. The summed E-state index contributed by atoms with van der Waals surface area (Å²) in [6.07, 6.45) is 3.01. The summed E-state index contributed by atoms with van der Waals surface area (Å²) in [7, 11) is 1.58. The number of ether oxygens (including phenoxy) is 4. The molecule has 0 saturated heterocycles. The molecule has 0 saturated carbocycles. The maximum absolute atomic E-state index is 5.53. The number of allylic oxidation sites excluding steroid dienone is 1. The second-order valence-corrected chi connectivity index (χ2v) is 3.23. The van der Waals surface area contributed by atoms with Gasteiger partial charge in [-0.05, 0) is 20.3 Å². The van der Waals surface area contributed by atoms with E-state index in [-0.39, 0.29) is 6.79 Å². The molecule has 0 spiro atoms. The molecule has 0 aromatic heterocycles. The molecule has 0 amide bonds. The van der Waals surface area contributed by atoms with Crippen molar-refractivity contribution in [2.45, 2.75) is 40.0 Å². The molecule has 16 heavy (non-hydrogen) atoms. The molecule has 0 unspecified atom stereocenters. The van der Waals surface area contributed by atoms with E-state index in [1.807, 2.05) is 13.8 Å². The Bertz CT molecular complexity index is 169. The summed E-state index contributed by atoms with van der Waals surface area (Å²) in [6, 6.07) is 0. The predicted octanol–water partition coefficient (Wildman–Crippen LogP) is 3.04. The van der Waals surface area contributed by atoms with Crippen LogP contribution in [0, 0.1) is 0 Å². The molecule has 0 atom stereocenters. The highest BCUT2D eigenvalue weighted by Crippen LogP contribution is 2.16. The summed E-state index contributed by atoms with van der Waals surface area (Å²) in [5.74, 6) is 1.24. The van der Waals surface area contributed by atoms with Crippen LogP contribution in [0.4, 0.5) is 0 Å². The molecule has 0 aromatic carbocycles. The first-order valence-electron chi connectivity index (χ1n) is 5.90. The number of rotatable bonds is 10. The van der Waals surface area contributed by atoms with Crippen molar-refractivity contribution in [3.05, 3.63) is 11.7 Å². The summed E-state index contributed by atoms with van der Waals surface area (Å²) in [5.41, 5.74) is 0. The van der Waals surface area contributed by atoms with Crippen molar-refractivity contribution in [2.24, 2.45) is 0 Å². The summed E-state index contributed by atoms with van der Waals surface area (Å²) in [5, 5.41) is 0. The van der Waals surface area contributed by atoms with Gasteiger partial charge < -0.3 is 18.9 Å². The largest absolute Gasteiger partial charge is 0.491 e. The lowest BCUT2D eigenvalue weighted by molar-refractivity contribution is -0.0663. The van der Waals surface area contributed by atoms with Crippen molar-refractivity contribution < 1.29 is 18.9 Å². The Balaban J connectivity index is 4.48. The van der Waals surface area contributed by atoms with Gasteiger partial charge in [0.05, 0.1) is 13.2 Å². The molecule has 0 aromatic rings. The lowest BCUT2D eigenvalue weighted by Crippen LogP contribution is -2.07. The monoisotopic (exact) mass is 232 g/mol. The minimum Gasteiger partial charge on any atom is -0.491 e. The Morgan fingerprint density at radius 1 is 0.938 bits per heavy atom. The van der Waals surface area contributed by atoms with Gasteiger partial charge in [-0.1, -0.05) is 13.3 Å². The third kappa shape index (κ3) is 6.56. The molecule has 4 heteroatoms. The Morgan fingerprint density at radius 3 is 2.12 bits per heavy atom. The van der Waals surface area contributed by atoms with Gasteiger partial charge in [-0.2, -0.15) is 0 Å². The first-order chi connectivity index (χ1) is 7.79. The zero-order chi connectivity index (χ0) is 12.2. The zero-order valence-electron chi connectivity index (χ0n) is 10.9. The van der Waals surface area contributed by atoms with E-state index in [1.54, 1.807) is 7.11 Å². The first-order valence-corrected chi connectivity index (χ1v) is 5.90. The van der Waals surface area contributed by atoms with Gasteiger partial charge in [-0.3, -0.25) is 0 Å². The lowest BCUT2D eigenvalue weighted by Gasteiger charge is -2.15. The van der Waals surface area contributed by atoms with Crippen molar-refractivity contribution in [2.75, 3.05) is 27.1 Å². The maximum Gasteiger partial charge on any atom is 0.321 e. The van der Waals surface area contributed by atoms with Gasteiger partial charge in [-0.15, -0.1) is 0 Å². The quantitative estimate of drug-likeness (QED) is 0.428. The summed E-state index contributed by atoms with van der Waals surface area (Å²) in [6.45, 7) is 7.36. The molecular formula is C12H24O4. The van der Waals surface area contributed by atoms with Gasteiger partial charge in [0.25, 0.3) is 0 Å². The van der Waals surface area contributed by atoms with Crippen molar-refractivity contribution in [1.82, 2.24) is 0 Å². The number of methoxy groups -OCH3 is 1. The average molecular weight is 232 g/mol. The van der Waals surface area contributed by atoms with Crippen LogP contribution in [-0.2, 0) is 18.9 Å². The highest BCUT2D eigenvalue weighted by molar-refractivity contribution is 4.95. The van der Waals surface area contributed by atoms with Crippen molar-refractivity contribution in [3.8, 4) is 0 Å². The predicted molar refractivity (Wildman–Crippen MR) is 62.8 cm³/mol. The maximum atomic E-state index is 5.53. The molecule has 4 nitrogen and oxygen atoms in total. The normalized spacial score (nSPS) is 12.0. The fourth-order valence-corrected chi connectivity index (χ4v) is 1.19. The van der Waals surface area contributed by atoms with Crippen LogP contribution < -0.4 is 0 Å². The van der Waals surface area contributed by atoms with Crippen LogP contribution in [0.5, 0.6) is 0 Å². The SMILES string of the molecule is CCCCC(OCC)=C(OCC)OCOC. The molecule has 96 valence electrons. The minimum atomic E-state index is 0.179. The molecule has 0 fully saturated rings. The Kier molecular flexibility index (Phi) is 10.0. The smallest absolute Gasteiger partial charge is 0.321 e. The van der Waals surface area contributed by atoms with Gasteiger partial charge in [0, 0.05) is 13.5 Å². The van der Waals surface area contributed by atoms with Gasteiger partial charge >= 0.3 is 5.95 Å². The van der Waals surface area contributed by atoms with Crippen molar-refractivity contribution in [1.29, 1.82) is 0 Å². The van der Waals surface area contributed by atoms with Gasteiger partial charge in [0.15, 0.2) is 12.6 Å². The van der Waals surface area contributed by atoms with Gasteiger partial charge in [0.1, 0.15) is 0 Å². The van der Waals surface area contributed by atoms with E-state index in [0.29, 0.717) is 19.2 Å². The molecule has 0 aliphatic heterocycles. The van der Waals surface area contributed by atoms with Crippen LogP contribution in [-0.4, -0.2) is 27.1 Å². The minimum absolute atomic E-state index is 0.179. The summed E-state index contributed by atoms with van der Waals surface area (Å²) < 4.78 is 21.2. The number of hydrogen-bond donors (Lipinski definition) is 0. The van der Waals surface area contributed by atoms with Crippen molar-refractivity contribution >= 4 is 0 Å². The first kappa shape index (κ1) is 15.1. The highest BCUT2D eigenvalue weighted by atomic mass is 16.7. The molecule has 0 aliphatic carbocycles. The van der Waals surface area contributed by atoms with E-state index in [2.05, 4.69) is 6.92 Å². The second kappa shape index (κ2) is 10.6. The van der Waals surface area contributed by atoms with Crippen LogP contribution in [0.15, 0.2) is 11.7 Å². The molecule has 0 bridgehead atoms. The Labute approximate surface area is 98.5 Å². The summed E-state index contributed by atoms with van der Waals surface area (Å²) >= 11 is 0. The standard InChI is InChI=1S/C12H24O4/c1-5-8-9-11(14-6-2)12(15-7-3)16-10-13-4/h5-10H2,1-4H3. The highest BCUT2D eigenvalue weighted by Gasteiger charge is 2.11. The number of hydrogen-bond acceptors (Lipinski definition) is 4. The van der Waals surface area contributed by atoms with Crippen LogP contribution in [0.1, 0.15) is 40.0 Å². The van der Waals surface area contributed by atoms with E-state index >= 15 is 0 Å². The molecular weight excluding hydrogens is 208 g/mol. The fraction of sp³-hybridized carbons (Fsp3) is 0.833. The van der Waals surface area contributed by atoms with E-state index in [4.69, 9.17) is 18.9 Å². The van der Waals surface area contributed by atoms with E-state index in [0.717, 1.165) is 25.0 Å². The zero-order valence-corrected chi connectivity index (χ0v) is 10.9. The third-order valence-corrected chi connectivity index (χ3v) is 1.89. The molecule has 0 N–H and O–H groups in total. The Hall–Kier alpha value is -0.900. The molecule has 0 rings (SSSR count). The fourth-order valence-electron chi connectivity index (χ4n) is 1.19. The molecule has 0 radical (unpaired) electrons. The second-order valence-electron chi connectivity index (χ2n) is 3.23. The molecule has 0 aliphatic rings. The Morgan fingerprint density at radius 2 is 1.62 bits per heavy atom. The average Bonchev–Trinajstić information content (AvgIpc) is 2.30. The van der Waals surface area contributed by atoms with Gasteiger partial charge in [0.2, 0.25) is 0 Å². The van der Waals surface area contributed by atoms with Crippen LogP contribution in [0.2, 0.25) is 0 Å². The summed E-state index contributed by atoms with van der Waals surface area (Å²) in [4.78, 5) is 0. The van der Waals surface area contributed by atoms with Crippen LogP contribution >= 0.6 is 0 Å². The van der Waals surface area contributed by atoms with Crippen LogP contribution in [0.25, 0.3) is 0 Å². The van der Waals surface area contributed by atoms with Gasteiger partial charge in [-0.25, -0.2) is 0 Å². The topological polar surface area (TPSA) is 36.9 Å². The van der Waals surface area contributed by atoms with E-state index in [1.165, 1.54) is 0 Å². The number of unbranched alkanes of at least 4 members (excludes halogenated alkanes) is 1. The van der Waals surface area contributed by atoms with Crippen LogP contribution in [0.3, 0.4) is 0 Å². The molecule has 0 heterocycles. The van der Waals surface area contributed by atoms with Crippen molar-refractivity contribution in [3.63, 3.8) is 0 Å². The van der Waals surface area contributed by atoms with E-state index in [9.17, 15) is 0 Å². The van der Waals surface area contributed by atoms with E-state index < -0.39 is 0 Å².